The SMILES string of the molecule is C#Cc1c(F)ccc2cc(O)cc(-c3cc4nc(OC)ncc4c(N4CCC4CO)n3)c12. The number of aliphatic hydroxyl groups is 1. The maximum absolute atomic E-state index is 14.5. The van der Waals surface area contributed by atoms with E-state index in [1.807, 2.05) is 4.90 Å². The second-order valence-corrected chi connectivity index (χ2v) is 7.60. The number of hydrogen-bond donors (Lipinski definition) is 2. The van der Waals surface area contributed by atoms with E-state index in [0.29, 0.717) is 45.3 Å². The van der Waals surface area contributed by atoms with Crippen molar-refractivity contribution in [1.29, 1.82) is 0 Å². The second kappa shape index (κ2) is 7.62. The van der Waals surface area contributed by atoms with E-state index in [4.69, 9.17) is 16.1 Å². The number of benzene rings is 2. The van der Waals surface area contributed by atoms with Gasteiger partial charge in [0.25, 0.3) is 0 Å². The number of pyridine rings is 1. The summed E-state index contributed by atoms with van der Waals surface area (Å²) in [7, 11) is 1.48. The molecule has 0 radical (unpaired) electrons. The van der Waals surface area contributed by atoms with Gasteiger partial charge in [-0.25, -0.2) is 14.4 Å². The van der Waals surface area contributed by atoms with E-state index in [2.05, 4.69) is 15.9 Å². The zero-order valence-corrected chi connectivity index (χ0v) is 17.2. The summed E-state index contributed by atoms with van der Waals surface area (Å²) in [5.41, 5.74) is 1.60. The lowest BCUT2D eigenvalue weighted by atomic mass is 9.95. The van der Waals surface area contributed by atoms with Crippen molar-refractivity contribution in [2.24, 2.45) is 0 Å². The second-order valence-electron chi connectivity index (χ2n) is 7.60. The van der Waals surface area contributed by atoms with Crippen LogP contribution in [-0.4, -0.2) is 51.5 Å². The number of aromatic hydroxyl groups is 1. The third-order valence-electron chi connectivity index (χ3n) is 5.82. The van der Waals surface area contributed by atoms with Crippen molar-refractivity contribution < 1.29 is 19.3 Å². The smallest absolute Gasteiger partial charge is 0.316 e. The van der Waals surface area contributed by atoms with Crippen LogP contribution in [0.3, 0.4) is 0 Å². The monoisotopic (exact) mass is 430 g/mol. The first-order valence-electron chi connectivity index (χ1n) is 10.1. The quantitative estimate of drug-likeness (QED) is 0.480. The molecule has 1 atom stereocenters. The summed E-state index contributed by atoms with van der Waals surface area (Å²) in [6, 6.07) is 7.75. The Bertz CT molecular complexity index is 1410. The summed E-state index contributed by atoms with van der Waals surface area (Å²) in [4.78, 5) is 15.5. The summed E-state index contributed by atoms with van der Waals surface area (Å²) in [5.74, 6) is 2.50. The van der Waals surface area contributed by atoms with Gasteiger partial charge in [-0.3, -0.25) is 0 Å². The molecule has 4 aromatic rings. The van der Waals surface area contributed by atoms with E-state index in [-0.39, 0.29) is 30.0 Å². The molecule has 1 aliphatic heterocycles. The van der Waals surface area contributed by atoms with Crippen molar-refractivity contribution >= 4 is 27.5 Å². The highest BCUT2D eigenvalue weighted by atomic mass is 19.1. The maximum atomic E-state index is 14.5. The number of aromatic nitrogens is 3. The Morgan fingerprint density at radius 2 is 2.12 bits per heavy atom. The fourth-order valence-corrected chi connectivity index (χ4v) is 4.13. The molecule has 0 aliphatic carbocycles. The molecule has 2 aromatic carbocycles. The van der Waals surface area contributed by atoms with Gasteiger partial charge in [0.1, 0.15) is 17.4 Å². The summed E-state index contributed by atoms with van der Waals surface area (Å²) < 4.78 is 19.7. The van der Waals surface area contributed by atoms with Crippen LogP contribution >= 0.6 is 0 Å². The van der Waals surface area contributed by atoms with Crippen LogP contribution < -0.4 is 9.64 Å². The Hall–Kier alpha value is -3.96. The fourth-order valence-electron chi connectivity index (χ4n) is 4.13. The van der Waals surface area contributed by atoms with Crippen molar-refractivity contribution in [1.82, 2.24) is 15.0 Å². The van der Waals surface area contributed by atoms with Crippen LogP contribution in [-0.2, 0) is 0 Å². The number of phenols is 1. The van der Waals surface area contributed by atoms with Crippen LogP contribution in [0, 0.1) is 18.2 Å². The van der Waals surface area contributed by atoms with Gasteiger partial charge in [0, 0.05) is 23.7 Å². The van der Waals surface area contributed by atoms with Crippen molar-refractivity contribution in [2.45, 2.75) is 12.5 Å². The average Bonchev–Trinajstić information content (AvgIpc) is 2.77. The number of halogens is 1. The molecule has 0 spiro atoms. The van der Waals surface area contributed by atoms with Crippen LogP contribution in [0.25, 0.3) is 32.9 Å². The number of nitrogens with zero attached hydrogens (tertiary/aromatic N) is 4. The molecule has 7 nitrogen and oxygen atoms in total. The van der Waals surface area contributed by atoms with Crippen LogP contribution in [0.15, 0.2) is 36.5 Å². The Morgan fingerprint density at radius 3 is 2.81 bits per heavy atom. The Balaban J connectivity index is 1.84. The molecular formula is C24H19FN4O3. The van der Waals surface area contributed by atoms with Gasteiger partial charge in [-0.05, 0) is 36.1 Å². The zero-order valence-electron chi connectivity index (χ0n) is 17.2. The number of hydrogen-bond acceptors (Lipinski definition) is 7. The van der Waals surface area contributed by atoms with E-state index >= 15 is 0 Å². The molecule has 1 saturated heterocycles. The fraction of sp³-hybridized carbons (Fsp3) is 0.208. The lowest BCUT2D eigenvalue weighted by Gasteiger charge is -2.41. The van der Waals surface area contributed by atoms with Crippen molar-refractivity contribution in [3.05, 3.63) is 47.9 Å². The number of aliphatic hydroxyl groups excluding tert-OH is 1. The number of methoxy groups -OCH3 is 1. The topological polar surface area (TPSA) is 91.6 Å². The lowest BCUT2D eigenvalue weighted by molar-refractivity contribution is 0.226. The van der Waals surface area contributed by atoms with Gasteiger partial charge in [-0.1, -0.05) is 12.0 Å². The number of fused-ring (bicyclic) bond motifs is 2. The van der Waals surface area contributed by atoms with Crippen LogP contribution in [0.4, 0.5) is 10.2 Å². The number of terminal acetylenes is 1. The average molecular weight is 430 g/mol. The minimum absolute atomic E-state index is 0.00276. The van der Waals surface area contributed by atoms with Gasteiger partial charge in [0.2, 0.25) is 0 Å². The van der Waals surface area contributed by atoms with Gasteiger partial charge in [0.05, 0.1) is 41.9 Å². The zero-order chi connectivity index (χ0) is 22.4. The molecule has 2 N–H and O–H groups in total. The maximum Gasteiger partial charge on any atom is 0.316 e. The van der Waals surface area contributed by atoms with E-state index < -0.39 is 5.82 Å². The molecule has 32 heavy (non-hydrogen) atoms. The highest BCUT2D eigenvalue weighted by Crippen LogP contribution is 2.39. The van der Waals surface area contributed by atoms with E-state index in [1.165, 1.54) is 25.3 Å². The van der Waals surface area contributed by atoms with Crippen LogP contribution in [0.2, 0.25) is 0 Å². The Kier molecular flexibility index (Phi) is 4.76. The van der Waals surface area contributed by atoms with Crippen molar-refractivity contribution in [3.8, 4) is 35.4 Å². The first-order chi connectivity index (χ1) is 15.5. The number of rotatable bonds is 4. The summed E-state index contributed by atoms with van der Waals surface area (Å²) >= 11 is 0. The van der Waals surface area contributed by atoms with Gasteiger partial charge in [-0.2, -0.15) is 4.98 Å². The molecule has 0 amide bonds. The minimum Gasteiger partial charge on any atom is -0.508 e. The number of phenolic OH excluding ortho intramolecular Hbond substituents is 1. The molecule has 0 saturated carbocycles. The van der Waals surface area contributed by atoms with Gasteiger partial charge in [-0.15, -0.1) is 6.42 Å². The lowest BCUT2D eigenvalue weighted by Crippen LogP contribution is -2.50. The molecule has 160 valence electrons. The molecule has 1 fully saturated rings. The van der Waals surface area contributed by atoms with Gasteiger partial charge in [0.15, 0.2) is 0 Å². The summed E-state index contributed by atoms with van der Waals surface area (Å²) in [6.45, 7) is 0.708. The van der Waals surface area contributed by atoms with Gasteiger partial charge < -0.3 is 19.8 Å². The molecule has 2 aromatic heterocycles. The number of ether oxygens (including phenoxy) is 1. The molecule has 3 heterocycles. The Morgan fingerprint density at radius 1 is 1.28 bits per heavy atom. The standard InChI is InChI=1S/C24H19FN4O3/c1-3-16-19(25)5-4-13-8-15(31)9-17(22(13)16)20-10-21-18(11-26-24(28-21)32-2)23(27-20)29-7-6-14(29)12-30/h1,4-5,8-11,14,30-31H,6-7,12H2,2H3. The Labute approximate surface area is 183 Å². The van der Waals surface area contributed by atoms with E-state index in [0.717, 1.165) is 6.42 Å². The molecule has 1 aliphatic rings. The van der Waals surface area contributed by atoms with E-state index in [9.17, 15) is 14.6 Å². The normalized spacial score (nSPS) is 15.6. The minimum atomic E-state index is -0.528. The predicted molar refractivity (Wildman–Crippen MR) is 119 cm³/mol. The summed E-state index contributed by atoms with van der Waals surface area (Å²) in [6.07, 6.45) is 8.10. The van der Waals surface area contributed by atoms with Gasteiger partial charge >= 0.3 is 6.01 Å². The highest BCUT2D eigenvalue weighted by molar-refractivity contribution is 6.03. The first-order valence-corrected chi connectivity index (χ1v) is 10.1. The van der Waals surface area contributed by atoms with Crippen molar-refractivity contribution in [2.75, 3.05) is 25.2 Å². The van der Waals surface area contributed by atoms with Crippen molar-refractivity contribution in [3.63, 3.8) is 0 Å². The molecule has 0 bridgehead atoms. The molecular weight excluding hydrogens is 411 g/mol. The number of anilines is 1. The highest BCUT2D eigenvalue weighted by Gasteiger charge is 2.30. The first kappa shape index (κ1) is 20.0. The molecule has 8 heteroatoms. The summed E-state index contributed by atoms with van der Waals surface area (Å²) in [5, 5.41) is 21.8. The molecule has 5 rings (SSSR count). The van der Waals surface area contributed by atoms with Crippen LogP contribution in [0.5, 0.6) is 11.8 Å². The van der Waals surface area contributed by atoms with Crippen LogP contribution in [0.1, 0.15) is 12.0 Å². The molecule has 1 unspecified atom stereocenters. The predicted octanol–water partition coefficient (Wildman–Crippen LogP) is 3.25. The van der Waals surface area contributed by atoms with E-state index in [1.54, 1.807) is 18.3 Å². The third-order valence-corrected chi connectivity index (χ3v) is 5.82. The third kappa shape index (κ3) is 3.06. The largest absolute Gasteiger partial charge is 0.508 e.